The molecule has 1 saturated heterocycles. The van der Waals surface area contributed by atoms with Crippen molar-refractivity contribution in [2.75, 3.05) is 25.0 Å². The number of benzene rings is 2. The minimum atomic E-state index is -0.147. The van der Waals surface area contributed by atoms with E-state index in [1.54, 1.807) is 4.90 Å². The van der Waals surface area contributed by atoms with E-state index >= 15 is 0 Å². The minimum Gasteiger partial charge on any atom is -0.370 e. The van der Waals surface area contributed by atoms with Gasteiger partial charge in [0, 0.05) is 17.8 Å². The van der Waals surface area contributed by atoms with E-state index in [2.05, 4.69) is 20.7 Å². The zero-order chi connectivity index (χ0) is 19.3. The van der Waals surface area contributed by atoms with E-state index in [1.165, 1.54) is 4.80 Å². The van der Waals surface area contributed by atoms with Gasteiger partial charge in [0.25, 0.3) is 0 Å². The molecule has 2 heterocycles. The van der Waals surface area contributed by atoms with Gasteiger partial charge in [0.15, 0.2) is 0 Å². The van der Waals surface area contributed by atoms with E-state index in [9.17, 15) is 4.79 Å². The van der Waals surface area contributed by atoms with Crippen LogP contribution < -0.4 is 5.32 Å². The van der Waals surface area contributed by atoms with Crippen LogP contribution in [0.5, 0.6) is 0 Å². The van der Waals surface area contributed by atoms with Crippen molar-refractivity contribution in [1.29, 1.82) is 0 Å². The van der Waals surface area contributed by atoms with Gasteiger partial charge >= 0.3 is 6.03 Å². The van der Waals surface area contributed by atoms with Gasteiger partial charge < -0.3 is 15.0 Å². The lowest BCUT2D eigenvalue weighted by molar-refractivity contribution is -0.0135. The van der Waals surface area contributed by atoms with Crippen molar-refractivity contribution in [1.82, 2.24) is 25.1 Å². The van der Waals surface area contributed by atoms with Gasteiger partial charge in [0.1, 0.15) is 6.10 Å². The summed E-state index contributed by atoms with van der Waals surface area (Å²) in [6, 6.07) is 17.3. The zero-order valence-electron chi connectivity index (χ0n) is 15.7. The first-order valence-electron chi connectivity index (χ1n) is 9.33. The first-order chi connectivity index (χ1) is 13.7. The third-order valence-corrected chi connectivity index (χ3v) is 4.63. The molecule has 144 valence electrons. The number of anilines is 1. The Balaban J connectivity index is 1.44. The molecule has 2 amide bonds. The molecule has 8 heteroatoms. The van der Waals surface area contributed by atoms with E-state index in [0.29, 0.717) is 37.8 Å². The third kappa shape index (κ3) is 4.01. The van der Waals surface area contributed by atoms with Crippen LogP contribution in [0.3, 0.4) is 0 Å². The van der Waals surface area contributed by atoms with Gasteiger partial charge in [-0.3, -0.25) is 0 Å². The number of hydrogen-bond donors (Lipinski definition) is 1. The van der Waals surface area contributed by atoms with Crippen molar-refractivity contribution in [3.63, 3.8) is 0 Å². The lowest BCUT2D eigenvalue weighted by atomic mass is 10.1. The quantitative estimate of drug-likeness (QED) is 0.754. The first kappa shape index (κ1) is 18.1. The van der Waals surface area contributed by atoms with Crippen LogP contribution in [0.1, 0.15) is 18.6 Å². The van der Waals surface area contributed by atoms with Crippen LogP contribution in [0.15, 0.2) is 54.6 Å². The molecule has 1 aromatic heterocycles. The maximum absolute atomic E-state index is 12.8. The fourth-order valence-electron chi connectivity index (χ4n) is 3.13. The van der Waals surface area contributed by atoms with E-state index in [1.807, 2.05) is 61.5 Å². The Morgan fingerprint density at radius 2 is 2.07 bits per heavy atom. The fraction of sp³-hybridized carbons (Fsp3) is 0.300. The van der Waals surface area contributed by atoms with Gasteiger partial charge in [0.2, 0.25) is 5.82 Å². The van der Waals surface area contributed by atoms with Gasteiger partial charge in [-0.25, -0.2) is 4.79 Å². The number of aromatic nitrogens is 4. The molecule has 0 spiro atoms. The summed E-state index contributed by atoms with van der Waals surface area (Å²) in [4.78, 5) is 16.1. The second kappa shape index (κ2) is 8.18. The largest absolute Gasteiger partial charge is 0.370 e. The molecular formula is C20H22N6O2. The molecule has 1 fully saturated rings. The lowest BCUT2D eigenvalue weighted by Gasteiger charge is -2.33. The van der Waals surface area contributed by atoms with Crippen molar-refractivity contribution < 1.29 is 9.53 Å². The van der Waals surface area contributed by atoms with E-state index in [0.717, 1.165) is 11.1 Å². The summed E-state index contributed by atoms with van der Waals surface area (Å²) in [6.07, 6.45) is -0.111. The maximum atomic E-state index is 12.8. The molecule has 8 nitrogen and oxygen atoms in total. The maximum Gasteiger partial charge on any atom is 0.322 e. The summed E-state index contributed by atoms with van der Waals surface area (Å²) in [7, 11) is 0. The van der Waals surface area contributed by atoms with Crippen LogP contribution in [0.4, 0.5) is 10.5 Å². The van der Waals surface area contributed by atoms with Crippen molar-refractivity contribution in [3.05, 3.63) is 60.2 Å². The molecular weight excluding hydrogens is 356 g/mol. The average Bonchev–Trinajstić information content (AvgIpc) is 3.24. The smallest absolute Gasteiger partial charge is 0.322 e. The number of hydrogen-bond acceptors (Lipinski definition) is 5. The van der Waals surface area contributed by atoms with Crippen LogP contribution in [-0.2, 0) is 11.3 Å². The highest BCUT2D eigenvalue weighted by Crippen LogP contribution is 2.23. The molecule has 1 atom stereocenters. The number of nitrogens with zero attached hydrogens (tertiary/aromatic N) is 5. The Morgan fingerprint density at radius 3 is 2.86 bits per heavy atom. The highest BCUT2D eigenvalue weighted by Gasteiger charge is 2.25. The molecule has 0 radical (unpaired) electrons. The van der Waals surface area contributed by atoms with Crippen LogP contribution in [0.2, 0.25) is 0 Å². The minimum absolute atomic E-state index is 0.111. The number of tetrazole rings is 1. The summed E-state index contributed by atoms with van der Waals surface area (Å²) < 4.78 is 5.84. The molecule has 2 aromatic carbocycles. The zero-order valence-corrected chi connectivity index (χ0v) is 15.7. The average molecular weight is 378 g/mol. The van der Waals surface area contributed by atoms with Gasteiger partial charge in [-0.15, -0.1) is 10.2 Å². The summed E-state index contributed by atoms with van der Waals surface area (Å²) in [6.45, 7) is 4.19. The van der Waals surface area contributed by atoms with Crippen molar-refractivity contribution in [2.24, 2.45) is 0 Å². The Labute approximate surface area is 163 Å². The standard InChI is InChI=1S/C20H22N6O2/c1-2-26-23-19(22-24-26)16-9-6-10-17(13-16)21-20(27)25-11-12-28-18(14-25)15-7-4-3-5-8-15/h3-10,13,18H,2,11-12,14H2,1H3,(H,21,27). The second-order valence-electron chi connectivity index (χ2n) is 6.53. The van der Waals surface area contributed by atoms with Gasteiger partial charge in [0.05, 0.1) is 19.7 Å². The summed E-state index contributed by atoms with van der Waals surface area (Å²) >= 11 is 0. The van der Waals surface area contributed by atoms with Gasteiger partial charge in [-0.2, -0.15) is 4.80 Å². The predicted molar refractivity (Wildman–Crippen MR) is 105 cm³/mol. The predicted octanol–water partition coefficient (Wildman–Crippen LogP) is 2.97. The fourth-order valence-corrected chi connectivity index (χ4v) is 3.13. The SMILES string of the molecule is CCn1nnc(-c2cccc(NC(=O)N3CCOC(c4ccccc4)C3)c2)n1. The molecule has 4 rings (SSSR count). The lowest BCUT2D eigenvalue weighted by Crippen LogP contribution is -2.44. The van der Waals surface area contributed by atoms with Crippen molar-refractivity contribution >= 4 is 11.7 Å². The van der Waals surface area contributed by atoms with Crippen LogP contribution >= 0.6 is 0 Å². The van der Waals surface area contributed by atoms with E-state index in [-0.39, 0.29) is 12.1 Å². The number of rotatable bonds is 4. The Bertz CT molecular complexity index is 943. The molecule has 1 unspecified atom stereocenters. The monoisotopic (exact) mass is 378 g/mol. The number of carbonyl (C=O) groups is 1. The topological polar surface area (TPSA) is 85.2 Å². The summed E-state index contributed by atoms with van der Waals surface area (Å²) in [5, 5.41) is 15.3. The molecule has 28 heavy (non-hydrogen) atoms. The highest BCUT2D eigenvalue weighted by molar-refractivity contribution is 5.90. The van der Waals surface area contributed by atoms with E-state index < -0.39 is 0 Å². The van der Waals surface area contributed by atoms with Gasteiger partial charge in [-0.1, -0.05) is 42.5 Å². The Kier molecular flexibility index (Phi) is 5.29. The van der Waals surface area contributed by atoms with Crippen molar-refractivity contribution in [3.8, 4) is 11.4 Å². The van der Waals surface area contributed by atoms with Gasteiger partial charge in [-0.05, 0) is 29.8 Å². The Morgan fingerprint density at radius 1 is 1.21 bits per heavy atom. The van der Waals surface area contributed by atoms with Crippen LogP contribution in [-0.4, -0.2) is 50.8 Å². The first-order valence-corrected chi connectivity index (χ1v) is 9.33. The summed E-state index contributed by atoms with van der Waals surface area (Å²) in [5.41, 5.74) is 2.58. The molecule has 1 aliphatic rings. The number of amides is 2. The molecule has 3 aromatic rings. The third-order valence-electron chi connectivity index (χ3n) is 4.63. The Hall–Kier alpha value is -3.26. The molecule has 0 aliphatic carbocycles. The number of morpholine rings is 1. The van der Waals surface area contributed by atoms with Crippen LogP contribution in [0.25, 0.3) is 11.4 Å². The van der Waals surface area contributed by atoms with E-state index in [4.69, 9.17) is 4.74 Å². The number of ether oxygens (including phenoxy) is 1. The molecule has 1 aliphatic heterocycles. The number of nitrogens with one attached hydrogen (secondary N) is 1. The molecule has 1 N–H and O–H groups in total. The molecule has 0 bridgehead atoms. The number of carbonyl (C=O) groups excluding carboxylic acids is 1. The second-order valence-corrected chi connectivity index (χ2v) is 6.53. The molecule has 0 saturated carbocycles. The van der Waals surface area contributed by atoms with Crippen molar-refractivity contribution in [2.45, 2.75) is 19.6 Å². The highest BCUT2D eigenvalue weighted by atomic mass is 16.5. The number of urea groups is 1. The number of aryl methyl sites for hydroxylation is 1. The normalized spacial score (nSPS) is 16.8. The van der Waals surface area contributed by atoms with Crippen LogP contribution in [0, 0.1) is 0 Å². The summed E-state index contributed by atoms with van der Waals surface area (Å²) in [5.74, 6) is 0.536.